The Morgan fingerprint density at radius 3 is 2.73 bits per heavy atom. The maximum atomic E-state index is 10.2. The molecule has 3 heteroatoms. The van der Waals surface area contributed by atoms with Gasteiger partial charge in [-0.05, 0) is 17.7 Å². The fourth-order valence-corrected chi connectivity index (χ4v) is 1.25. The number of carbonyl (C=O) groups is 1. The first-order valence-corrected chi connectivity index (χ1v) is 4.60. The molecule has 76 valence electrons. The van der Waals surface area contributed by atoms with Gasteiger partial charge in [-0.15, -0.1) is 0 Å². The molecule has 1 atom stereocenters. The van der Waals surface area contributed by atoms with Gasteiger partial charge in [0.15, 0.2) is 6.10 Å². The summed E-state index contributed by atoms with van der Waals surface area (Å²) in [6.45, 7) is 0. The van der Waals surface area contributed by atoms with Crippen molar-refractivity contribution in [2.75, 3.05) is 0 Å². The Bertz CT molecular complexity index is 418. The fourth-order valence-electron chi connectivity index (χ4n) is 1.25. The lowest BCUT2D eigenvalue weighted by Gasteiger charge is -1.86. The first-order valence-electron chi connectivity index (χ1n) is 4.60. The largest absolute Gasteiger partial charge is 0.478 e. The van der Waals surface area contributed by atoms with Crippen molar-refractivity contribution in [3.8, 4) is 0 Å². The summed E-state index contributed by atoms with van der Waals surface area (Å²) in [6.07, 6.45) is 4.35. The molecule has 0 bridgehead atoms. The number of carboxylic acids is 1. The van der Waals surface area contributed by atoms with E-state index in [1.807, 2.05) is 36.4 Å². The number of carboxylic acid groups (broad SMARTS) is 1. The number of aliphatic carboxylic acids is 1. The van der Waals surface area contributed by atoms with Gasteiger partial charge in [-0.25, -0.2) is 4.79 Å². The molecule has 1 N–H and O–H groups in total. The van der Waals surface area contributed by atoms with Crippen LogP contribution in [0.3, 0.4) is 0 Å². The minimum Gasteiger partial charge on any atom is -0.478 e. The Balaban J connectivity index is 1.99. The highest BCUT2D eigenvalue weighted by Crippen LogP contribution is 2.30. The molecule has 0 saturated carbocycles. The van der Waals surface area contributed by atoms with Gasteiger partial charge in [0.05, 0.1) is 0 Å². The second-order valence-corrected chi connectivity index (χ2v) is 3.19. The molecule has 1 heterocycles. The number of ether oxygens (including phenoxy) is 1. The lowest BCUT2D eigenvalue weighted by molar-refractivity contribution is -0.131. The zero-order valence-corrected chi connectivity index (χ0v) is 7.96. The molecule has 0 spiro atoms. The molecular weight excluding hydrogens is 192 g/mol. The SMILES string of the molecule is O=C(O)C=CC1OC1=Cc1ccccc1. The van der Waals surface area contributed by atoms with E-state index in [4.69, 9.17) is 9.84 Å². The minimum absolute atomic E-state index is 0.165. The molecule has 0 aromatic heterocycles. The highest BCUT2D eigenvalue weighted by Gasteiger charge is 2.29. The molecule has 1 aromatic rings. The van der Waals surface area contributed by atoms with Crippen molar-refractivity contribution >= 4 is 12.0 Å². The topological polar surface area (TPSA) is 49.8 Å². The van der Waals surface area contributed by atoms with Gasteiger partial charge in [0.1, 0.15) is 5.76 Å². The molecule has 1 unspecified atom stereocenters. The van der Waals surface area contributed by atoms with E-state index >= 15 is 0 Å². The van der Waals surface area contributed by atoms with Gasteiger partial charge in [0, 0.05) is 6.08 Å². The van der Waals surface area contributed by atoms with Crippen molar-refractivity contribution in [2.45, 2.75) is 6.10 Å². The normalized spacial score (nSPS) is 21.6. The summed E-state index contributed by atoms with van der Waals surface area (Å²) in [6, 6.07) is 9.75. The van der Waals surface area contributed by atoms with Crippen LogP contribution in [0.15, 0.2) is 48.2 Å². The van der Waals surface area contributed by atoms with Crippen molar-refractivity contribution in [3.63, 3.8) is 0 Å². The van der Waals surface area contributed by atoms with Gasteiger partial charge in [0.25, 0.3) is 0 Å². The average Bonchev–Trinajstić information content (AvgIpc) is 2.95. The van der Waals surface area contributed by atoms with Gasteiger partial charge in [-0.2, -0.15) is 0 Å². The highest BCUT2D eigenvalue weighted by atomic mass is 16.6. The third-order valence-corrected chi connectivity index (χ3v) is 2.01. The van der Waals surface area contributed by atoms with Crippen LogP contribution in [0.5, 0.6) is 0 Å². The molecular formula is C12H10O3. The Labute approximate surface area is 87.3 Å². The number of benzene rings is 1. The van der Waals surface area contributed by atoms with Crippen molar-refractivity contribution < 1.29 is 14.6 Å². The van der Waals surface area contributed by atoms with Crippen LogP contribution in [-0.4, -0.2) is 17.2 Å². The van der Waals surface area contributed by atoms with Crippen LogP contribution in [-0.2, 0) is 9.53 Å². The van der Waals surface area contributed by atoms with Crippen molar-refractivity contribution in [1.29, 1.82) is 0 Å². The van der Waals surface area contributed by atoms with E-state index in [0.717, 1.165) is 17.4 Å². The third-order valence-electron chi connectivity index (χ3n) is 2.01. The van der Waals surface area contributed by atoms with E-state index in [2.05, 4.69) is 0 Å². The summed E-state index contributed by atoms with van der Waals surface area (Å²) < 4.78 is 5.18. The van der Waals surface area contributed by atoms with Crippen LogP contribution in [0.4, 0.5) is 0 Å². The number of hydrogen-bond donors (Lipinski definition) is 1. The summed E-state index contributed by atoms with van der Waals surface area (Å²) in [5, 5.41) is 8.40. The first-order chi connectivity index (χ1) is 7.25. The van der Waals surface area contributed by atoms with Crippen molar-refractivity contribution in [2.24, 2.45) is 0 Å². The van der Waals surface area contributed by atoms with E-state index in [-0.39, 0.29) is 6.10 Å². The van der Waals surface area contributed by atoms with Gasteiger partial charge in [-0.1, -0.05) is 30.3 Å². The molecule has 1 aliphatic heterocycles. The molecule has 1 aromatic carbocycles. The Hall–Kier alpha value is -2.03. The first kappa shape index (κ1) is 9.52. The molecule has 0 amide bonds. The Morgan fingerprint density at radius 1 is 1.33 bits per heavy atom. The van der Waals surface area contributed by atoms with Gasteiger partial charge in [0.2, 0.25) is 0 Å². The molecule has 15 heavy (non-hydrogen) atoms. The van der Waals surface area contributed by atoms with E-state index in [9.17, 15) is 4.79 Å². The molecule has 2 rings (SSSR count). The van der Waals surface area contributed by atoms with Crippen LogP contribution in [0.1, 0.15) is 5.56 Å². The summed E-state index contributed by atoms with van der Waals surface area (Å²) in [5.74, 6) is -0.150. The maximum absolute atomic E-state index is 10.2. The lowest BCUT2D eigenvalue weighted by atomic mass is 10.2. The molecule has 1 aliphatic rings. The third kappa shape index (κ3) is 2.71. The molecule has 0 aliphatic carbocycles. The van der Waals surface area contributed by atoms with Crippen LogP contribution in [0.25, 0.3) is 6.08 Å². The predicted octanol–water partition coefficient (Wildman–Crippen LogP) is 2.07. The molecule has 3 nitrogen and oxygen atoms in total. The lowest BCUT2D eigenvalue weighted by Crippen LogP contribution is -1.87. The van der Waals surface area contributed by atoms with Crippen LogP contribution < -0.4 is 0 Å². The average molecular weight is 202 g/mol. The highest BCUT2D eigenvalue weighted by molar-refractivity contribution is 5.80. The number of rotatable bonds is 3. The van der Waals surface area contributed by atoms with E-state index < -0.39 is 5.97 Å². The van der Waals surface area contributed by atoms with Gasteiger partial charge >= 0.3 is 5.97 Å². The summed E-state index contributed by atoms with van der Waals surface area (Å²) in [7, 11) is 0. The molecule has 0 radical (unpaired) electrons. The summed E-state index contributed by atoms with van der Waals surface area (Å²) >= 11 is 0. The predicted molar refractivity (Wildman–Crippen MR) is 56.1 cm³/mol. The smallest absolute Gasteiger partial charge is 0.328 e. The Morgan fingerprint density at radius 2 is 2.07 bits per heavy atom. The number of hydrogen-bond acceptors (Lipinski definition) is 2. The fraction of sp³-hybridized carbons (Fsp3) is 0.0833. The van der Waals surface area contributed by atoms with Crippen molar-refractivity contribution in [1.82, 2.24) is 0 Å². The van der Waals surface area contributed by atoms with Crippen molar-refractivity contribution in [3.05, 3.63) is 53.8 Å². The summed E-state index contributed by atoms with van der Waals surface area (Å²) in [5.41, 5.74) is 1.05. The quantitative estimate of drug-likeness (QED) is 0.603. The molecule has 1 fully saturated rings. The maximum Gasteiger partial charge on any atom is 0.328 e. The second kappa shape index (κ2) is 4.00. The van der Waals surface area contributed by atoms with E-state index in [0.29, 0.717) is 0 Å². The van der Waals surface area contributed by atoms with Crippen LogP contribution in [0, 0.1) is 0 Å². The monoisotopic (exact) mass is 202 g/mol. The standard InChI is InChI=1S/C12H10O3/c13-12(14)7-6-10-11(15-10)8-9-4-2-1-3-5-9/h1-8,10H,(H,13,14). The van der Waals surface area contributed by atoms with Gasteiger partial charge < -0.3 is 9.84 Å². The number of epoxide rings is 1. The van der Waals surface area contributed by atoms with E-state index in [1.165, 1.54) is 6.08 Å². The summed E-state index contributed by atoms with van der Waals surface area (Å²) in [4.78, 5) is 10.2. The Kier molecular flexibility index (Phi) is 2.54. The zero-order valence-electron chi connectivity index (χ0n) is 7.96. The second-order valence-electron chi connectivity index (χ2n) is 3.19. The van der Waals surface area contributed by atoms with E-state index in [1.54, 1.807) is 0 Å². The minimum atomic E-state index is -0.954. The van der Waals surface area contributed by atoms with Crippen LogP contribution in [0.2, 0.25) is 0 Å². The van der Waals surface area contributed by atoms with Gasteiger partial charge in [-0.3, -0.25) is 0 Å². The van der Waals surface area contributed by atoms with Crippen LogP contribution >= 0.6 is 0 Å². The molecule has 1 saturated heterocycles. The zero-order chi connectivity index (χ0) is 10.7.